The molecule has 2 heterocycles. The van der Waals surface area contributed by atoms with Crippen LogP contribution in [-0.4, -0.2) is 4.98 Å². The van der Waals surface area contributed by atoms with Gasteiger partial charge >= 0.3 is 0 Å². The highest BCUT2D eigenvalue weighted by atomic mass is 32.1. The summed E-state index contributed by atoms with van der Waals surface area (Å²) in [5, 5.41) is 1.99. The van der Waals surface area contributed by atoms with E-state index in [0.29, 0.717) is 0 Å². The van der Waals surface area contributed by atoms with E-state index in [1.165, 1.54) is 12.1 Å². The molecule has 0 radical (unpaired) electrons. The molecule has 3 rings (SSSR count). The lowest BCUT2D eigenvalue weighted by atomic mass is 10.0. The molecule has 3 N–H and O–H groups in total. The molecule has 0 aliphatic carbocycles. The Morgan fingerprint density at radius 1 is 1.21 bits per heavy atom. The average Bonchev–Trinajstić information content (AvgIpc) is 2.87. The number of fused-ring (bicyclic) bond motifs is 1. The SMILES string of the molecule is NNC(c1cccc(F)c1)c1cnc2ccsc2c1. The van der Waals surface area contributed by atoms with Gasteiger partial charge in [0, 0.05) is 6.20 Å². The molecular formula is C14H12FN3S. The molecule has 0 aliphatic heterocycles. The number of nitrogens with two attached hydrogens (primary N) is 1. The Morgan fingerprint density at radius 2 is 2.11 bits per heavy atom. The number of benzene rings is 1. The third-order valence-electron chi connectivity index (χ3n) is 3.01. The standard InChI is InChI=1S/C14H12FN3S/c15-11-3-1-2-9(6-11)14(18-16)10-7-13-12(17-8-10)4-5-19-13/h1-8,14,18H,16H2. The summed E-state index contributed by atoms with van der Waals surface area (Å²) in [7, 11) is 0. The van der Waals surface area contributed by atoms with Gasteiger partial charge in [0.1, 0.15) is 5.82 Å². The number of rotatable bonds is 3. The van der Waals surface area contributed by atoms with Crippen LogP contribution in [0.3, 0.4) is 0 Å². The van der Waals surface area contributed by atoms with E-state index in [0.717, 1.165) is 21.3 Å². The fourth-order valence-electron chi connectivity index (χ4n) is 2.09. The summed E-state index contributed by atoms with van der Waals surface area (Å²) in [5.74, 6) is 5.33. The lowest BCUT2D eigenvalue weighted by Gasteiger charge is -2.16. The molecule has 3 aromatic rings. The lowest BCUT2D eigenvalue weighted by molar-refractivity contribution is 0.605. The van der Waals surface area contributed by atoms with E-state index in [2.05, 4.69) is 10.4 Å². The Hall–Kier alpha value is -1.82. The van der Waals surface area contributed by atoms with Crippen LogP contribution in [0.25, 0.3) is 10.2 Å². The van der Waals surface area contributed by atoms with Crippen LogP contribution in [0.1, 0.15) is 17.2 Å². The van der Waals surface area contributed by atoms with E-state index in [1.54, 1.807) is 23.6 Å². The predicted molar refractivity (Wildman–Crippen MR) is 75.2 cm³/mol. The maximum atomic E-state index is 13.3. The summed E-state index contributed by atoms with van der Waals surface area (Å²) < 4.78 is 14.4. The van der Waals surface area contributed by atoms with Crippen LogP contribution >= 0.6 is 11.3 Å². The van der Waals surface area contributed by atoms with Gasteiger partial charge in [0.05, 0.1) is 16.3 Å². The van der Waals surface area contributed by atoms with Crippen LogP contribution in [0.5, 0.6) is 0 Å². The van der Waals surface area contributed by atoms with E-state index in [9.17, 15) is 4.39 Å². The van der Waals surface area contributed by atoms with Crippen LogP contribution in [0.2, 0.25) is 0 Å². The van der Waals surface area contributed by atoms with Gasteiger partial charge in [-0.15, -0.1) is 11.3 Å². The highest BCUT2D eigenvalue weighted by molar-refractivity contribution is 7.17. The summed E-state index contributed by atoms with van der Waals surface area (Å²) in [5.41, 5.74) is 5.38. The second-order valence-corrected chi connectivity index (χ2v) is 5.18. The van der Waals surface area contributed by atoms with Crippen molar-refractivity contribution in [2.45, 2.75) is 6.04 Å². The maximum Gasteiger partial charge on any atom is 0.123 e. The van der Waals surface area contributed by atoms with Crippen molar-refractivity contribution in [3.63, 3.8) is 0 Å². The van der Waals surface area contributed by atoms with Crippen molar-refractivity contribution in [1.29, 1.82) is 0 Å². The molecule has 1 unspecified atom stereocenters. The van der Waals surface area contributed by atoms with Gasteiger partial charge in [0.2, 0.25) is 0 Å². The first-order valence-corrected chi connectivity index (χ1v) is 6.70. The Bertz CT molecular complexity index is 710. The number of pyridine rings is 1. The Kier molecular flexibility index (Phi) is 3.25. The van der Waals surface area contributed by atoms with Crippen LogP contribution in [0, 0.1) is 5.82 Å². The molecule has 1 aromatic carbocycles. The lowest BCUT2D eigenvalue weighted by Crippen LogP contribution is -2.29. The molecule has 0 amide bonds. The zero-order valence-electron chi connectivity index (χ0n) is 10.0. The summed E-state index contributed by atoms with van der Waals surface area (Å²) >= 11 is 1.62. The number of thiophene rings is 1. The Morgan fingerprint density at radius 3 is 2.89 bits per heavy atom. The normalized spacial score (nSPS) is 12.7. The molecule has 0 saturated heterocycles. The smallest absolute Gasteiger partial charge is 0.123 e. The van der Waals surface area contributed by atoms with Crippen LogP contribution < -0.4 is 11.3 Å². The second-order valence-electron chi connectivity index (χ2n) is 4.23. The average molecular weight is 273 g/mol. The summed E-state index contributed by atoms with van der Waals surface area (Å²) in [4.78, 5) is 4.38. The molecule has 96 valence electrons. The van der Waals surface area contributed by atoms with Gasteiger partial charge in [-0.2, -0.15) is 0 Å². The van der Waals surface area contributed by atoms with Gasteiger partial charge in [0.25, 0.3) is 0 Å². The molecule has 0 fully saturated rings. The number of nitrogens with one attached hydrogen (secondary N) is 1. The minimum absolute atomic E-state index is 0.269. The van der Waals surface area contributed by atoms with Crippen molar-refractivity contribution < 1.29 is 4.39 Å². The van der Waals surface area contributed by atoms with Crippen molar-refractivity contribution in [3.05, 3.63) is 64.9 Å². The molecule has 2 aromatic heterocycles. The van der Waals surface area contributed by atoms with Crippen LogP contribution in [0.15, 0.2) is 48.0 Å². The predicted octanol–water partition coefficient (Wildman–Crippen LogP) is 2.99. The fourth-order valence-corrected chi connectivity index (χ4v) is 2.88. The van der Waals surface area contributed by atoms with Crippen molar-refractivity contribution in [2.24, 2.45) is 5.84 Å². The van der Waals surface area contributed by atoms with Gasteiger partial charge in [-0.3, -0.25) is 10.8 Å². The van der Waals surface area contributed by atoms with Gasteiger partial charge in [-0.1, -0.05) is 12.1 Å². The summed E-state index contributed by atoms with van der Waals surface area (Å²) in [6.45, 7) is 0. The number of hydrazine groups is 1. The van der Waals surface area contributed by atoms with Crippen LogP contribution in [-0.2, 0) is 0 Å². The molecule has 0 bridgehead atoms. The molecule has 0 aliphatic rings. The number of nitrogens with zero attached hydrogens (tertiary/aromatic N) is 1. The van der Waals surface area contributed by atoms with Gasteiger partial charge in [0.15, 0.2) is 0 Å². The Balaban J connectivity index is 2.06. The summed E-state index contributed by atoms with van der Waals surface area (Å²) in [6.07, 6.45) is 1.77. The van der Waals surface area contributed by atoms with E-state index >= 15 is 0 Å². The topological polar surface area (TPSA) is 50.9 Å². The van der Waals surface area contributed by atoms with Gasteiger partial charge in [-0.25, -0.2) is 9.82 Å². The summed E-state index contributed by atoms with van der Waals surface area (Å²) in [6, 6.07) is 10.1. The second kappa shape index (κ2) is 5.05. The van der Waals surface area contributed by atoms with Gasteiger partial charge in [-0.05, 0) is 40.8 Å². The zero-order valence-corrected chi connectivity index (χ0v) is 10.8. The molecule has 3 nitrogen and oxygen atoms in total. The van der Waals surface area contributed by atoms with Crippen molar-refractivity contribution in [3.8, 4) is 0 Å². The van der Waals surface area contributed by atoms with Crippen molar-refractivity contribution >= 4 is 21.6 Å². The zero-order chi connectivity index (χ0) is 13.2. The maximum absolute atomic E-state index is 13.3. The molecule has 0 saturated carbocycles. The quantitative estimate of drug-likeness (QED) is 0.570. The number of halogens is 1. The molecule has 5 heteroatoms. The number of hydrogen-bond acceptors (Lipinski definition) is 4. The first-order valence-electron chi connectivity index (χ1n) is 5.82. The highest BCUT2D eigenvalue weighted by Gasteiger charge is 2.14. The molecule has 0 spiro atoms. The van der Waals surface area contributed by atoms with Gasteiger partial charge < -0.3 is 0 Å². The monoisotopic (exact) mass is 273 g/mol. The van der Waals surface area contributed by atoms with Crippen molar-refractivity contribution in [1.82, 2.24) is 10.4 Å². The number of aromatic nitrogens is 1. The minimum Gasteiger partial charge on any atom is -0.271 e. The van der Waals surface area contributed by atoms with E-state index in [4.69, 9.17) is 5.84 Å². The molecule has 19 heavy (non-hydrogen) atoms. The van der Waals surface area contributed by atoms with E-state index in [-0.39, 0.29) is 11.9 Å². The van der Waals surface area contributed by atoms with E-state index in [1.807, 2.05) is 23.6 Å². The largest absolute Gasteiger partial charge is 0.271 e. The fraction of sp³-hybridized carbons (Fsp3) is 0.0714. The number of hydrogen-bond donors (Lipinski definition) is 2. The minimum atomic E-state index is -0.275. The first-order chi connectivity index (χ1) is 9.28. The first kappa shape index (κ1) is 12.2. The third-order valence-corrected chi connectivity index (χ3v) is 3.86. The Labute approximate surface area is 113 Å². The van der Waals surface area contributed by atoms with Crippen LogP contribution in [0.4, 0.5) is 4.39 Å². The van der Waals surface area contributed by atoms with Crippen molar-refractivity contribution in [2.75, 3.05) is 0 Å². The highest BCUT2D eigenvalue weighted by Crippen LogP contribution is 2.26. The molecule has 1 atom stereocenters. The van der Waals surface area contributed by atoms with E-state index < -0.39 is 0 Å². The third kappa shape index (κ3) is 2.35. The molecular weight excluding hydrogens is 261 g/mol.